The highest BCUT2D eigenvalue weighted by Crippen LogP contribution is 2.26. The second kappa shape index (κ2) is 8.18. The molecule has 2 rings (SSSR count). The fourth-order valence-electron chi connectivity index (χ4n) is 1.94. The maximum Gasteiger partial charge on any atom is 0.340 e. The van der Waals surface area contributed by atoms with Crippen molar-refractivity contribution >= 4 is 40.8 Å². The molecule has 0 aliphatic rings. The van der Waals surface area contributed by atoms with Gasteiger partial charge in [0.05, 0.1) is 28.4 Å². The van der Waals surface area contributed by atoms with E-state index in [1.54, 1.807) is 24.3 Å². The highest BCUT2D eigenvalue weighted by molar-refractivity contribution is 6.36. The Morgan fingerprint density at radius 3 is 2.52 bits per heavy atom. The summed E-state index contributed by atoms with van der Waals surface area (Å²) in [5.41, 5.74) is 0.203. The van der Waals surface area contributed by atoms with Crippen LogP contribution in [0.5, 0.6) is 5.75 Å². The van der Waals surface area contributed by atoms with Crippen LogP contribution >= 0.6 is 23.2 Å². The minimum absolute atomic E-state index is 0.0752. The van der Waals surface area contributed by atoms with E-state index >= 15 is 0 Å². The number of nitrogens with one attached hydrogen (secondary N) is 1. The van der Waals surface area contributed by atoms with Gasteiger partial charge in [-0.1, -0.05) is 35.3 Å². The summed E-state index contributed by atoms with van der Waals surface area (Å²) in [5.74, 6) is -1.88. The van der Waals surface area contributed by atoms with E-state index in [4.69, 9.17) is 32.7 Å². The van der Waals surface area contributed by atoms with Gasteiger partial charge in [0.15, 0.2) is 6.10 Å². The average Bonchev–Trinajstić information content (AvgIpc) is 2.58. The summed E-state index contributed by atoms with van der Waals surface area (Å²) in [6.45, 7) is 1.38. The van der Waals surface area contributed by atoms with Gasteiger partial charge in [-0.05, 0) is 31.2 Å². The molecule has 0 radical (unpaired) electrons. The molecule has 0 fully saturated rings. The number of hydrogen-bond acceptors (Lipinski definition) is 4. The first kappa shape index (κ1) is 19.0. The van der Waals surface area contributed by atoms with Crippen LogP contribution < -0.4 is 10.1 Å². The van der Waals surface area contributed by atoms with Gasteiger partial charge in [0.1, 0.15) is 11.6 Å². The minimum Gasteiger partial charge on any atom is -0.495 e. The van der Waals surface area contributed by atoms with Crippen molar-refractivity contribution < 1.29 is 23.5 Å². The SMILES string of the molecule is COc1ccccc1NC(=O)[C@H](C)OC(=O)c1cc(F)c(Cl)cc1Cl. The van der Waals surface area contributed by atoms with Crippen LogP contribution in [0.25, 0.3) is 0 Å². The summed E-state index contributed by atoms with van der Waals surface area (Å²) in [6, 6.07) is 8.71. The van der Waals surface area contributed by atoms with Crippen LogP contribution in [-0.2, 0) is 9.53 Å². The van der Waals surface area contributed by atoms with Crippen molar-refractivity contribution in [2.45, 2.75) is 13.0 Å². The lowest BCUT2D eigenvalue weighted by molar-refractivity contribution is -0.123. The summed E-state index contributed by atoms with van der Waals surface area (Å²) >= 11 is 11.4. The van der Waals surface area contributed by atoms with Crippen LogP contribution in [0.15, 0.2) is 36.4 Å². The Morgan fingerprint density at radius 1 is 1.16 bits per heavy atom. The lowest BCUT2D eigenvalue weighted by atomic mass is 10.2. The third-order valence-electron chi connectivity index (χ3n) is 3.25. The molecule has 8 heteroatoms. The number of carbonyl (C=O) groups is 2. The van der Waals surface area contributed by atoms with Crippen LogP contribution in [0, 0.1) is 5.82 Å². The fourth-order valence-corrected chi connectivity index (χ4v) is 2.40. The van der Waals surface area contributed by atoms with E-state index in [0.29, 0.717) is 11.4 Å². The number of esters is 1. The molecule has 1 amide bonds. The number of ether oxygens (including phenoxy) is 2. The molecule has 2 aromatic carbocycles. The molecule has 0 aliphatic heterocycles. The third-order valence-corrected chi connectivity index (χ3v) is 3.85. The zero-order chi connectivity index (χ0) is 18.6. The molecule has 1 atom stereocenters. The van der Waals surface area contributed by atoms with E-state index in [1.165, 1.54) is 14.0 Å². The average molecular weight is 386 g/mol. The van der Waals surface area contributed by atoms with Gasteiger partial charge in [-0.3, -0.25) is 4.79 Å². The number of benzene rings is 2. The number of methoxy groups -OCH3 is 1. The van der Waals surface area contributed by atoms with Crippen molar-refractivity contribution in [1.29, 1.82) is 0 Å². The van der Waals surface area contributed by atoms with Crippen LogP contribution in [0.3, 0.4) is 0 Å². The lowest BCUT2D eigenvalue weighted by Gasteiger charge is -2.15. The molecule has 25 heavy (non-hydrogen) atoms. The number of anilines is 1. The van der Waals surface area contributed by atoms with Crippen LogP contribution in [0.2, 0.25) is 10.0 Å². The molecule has 0 spiro atoms. The first-order valence-electron chi connectivity index (χ1n) is 7.13. The van der Waals surface area contributed by atoms with Crippen LogP contribution in [0.1, 0.15) is 17.3 Å². The van der Waals surface area contributed by atoms with Gasteiger partial charge < -0.3 is 14.8 Å². The Morgan fingerprint density at radius 2 is 1.84 bits per heavy atom. The number of carbonyl (C=O) groups excluding carboxylic acids is 2. The molecular formula is C17H14Cl2FNO4. The molecule has 0 bridgehead atoms. The molecule has 0 unspecified atom stereocenters. The molecule has 2 aromatic rings. The summed E-state index contributed by atoms with van der Waals surface area (Å²) in [6.07, 6.45) is -1.15. The highest BCUT2D eigenvalue weighted by atomic mass is 35.5. The van der Waals surface area contributed by atoms with Gasteiger partial charge in [0.2, 0.25) is 0 Å². The standard InChI is InChI=1S/C17H14Cl2FNO4/c1-9(16(22)21-14-5-3-4-6-15(14)24-2)25-17(23)10-7-13(20)12(19)8-11(10)18/h3-9H,1-2H3,(H,21,22)/t9-/m0/s1. The van der Waals surface area contributed by atoms with Gasteiger partial charge in [0.25, 0.3) is 5.91 Å². The summed E-state index contributed by atoms with van der Waals surface area (Å²) in [5, 5.41) is 2.29. The third kappa shape index (κ3) is 4.61. The van der Waals surface area contributed by atoms with Crippen molar-refractivity contribution in [3.63, 3.8) is 0 Å². The molecule has 5 nitrogen and oxygen atoms in total. The molecule has 1 N–H and O–H groups in total. The van der Waals surface area contributed by atoms with E-state index in [-0.39, 0.29) is 15.6 Å². The zero-order valence-corrected chi connectivity index (χ0v) is 14.8. The predicted molar refractivity (Wildman–Crippen MR) is 92.9 cm³/mol. The van der Waals surface area contributed by atoms with Crippen molar-refractivity contribution in [2.24, 2.45) is 0 Å². The van der Waals surface area contributed by atoms with Gasteiger partial charge in [-0.25, -0.2) is 9.18 Å². The number of amides is 1. The van der Waals surface area contributed by atoms with Gasteiger partial charge in [0, 0.05) is 0 Å². The summed E-state index contributed by atoms with van der Waals surface area (Å²) in [7, 11) is 1.46. The normalized spacial score (nSPS) is 11.6. The van der Waals surface area contributed by atoms with Gasteiger partial charge in [-0.15, -0.1) is 0 Å². The van der Waals surface area contributed by atoms with E-state index in [9.17, 15) is 14.0 Å². The van der Waals surface area contributed by atoms with Crippen molar-refractivity contribution in [1.82, 2.24) is 0 Å². The van der Waals surface area contributed by atoms with Crippen LogP contribution in [0.4, 0.5) is 10.1 Å². The Labute approximate surface area is 153 Å². The maximum absolute atomic E-state index is 13.5. The molecule has 0 aromatic heterocycles. The fraction of sp³-hybridized carbons (Fsp3) is 0.176. The molecule has 0 aliphatic carbocycles. The second-order valence-electron chi connectivity index (χ2n) is 4.98. The molecular weight excluding hydrogens is 372 g/mol. The topological polar surface area (TPSA) is 64.6 Å². The Kier molecular flexibility index (Phi) is 6.22. The first-order valence-corrected chi connectivity index (χ1v) is 7.88. The van der Waals surface area contributed by atoms with Crippen molar-refractivity contribution in [3.8, 4) is 5.75 Å². The van der Waals surface area contributed by atoms with Gasteiger partial charge in [-0.2, -0.15) is 0 Å². The van der Waals surface area contributed by atoms with E-state index < -0.39 is 23.8 Å². The van der Waals surface area contributed by atoms with Gasteiger partial charge >= 0.3 is 5.97 Å². The number of halogens is 3. The predicted octanol–water partition coefficient (Wildman–Crippen LogP) is 4.33. The Hall–Kier alpha value is -2.31. The molecule has 132 valence electrons. The smallest absolute Gasteiger partial charge is 0.340 e. The minimum atomic E-state index is -1.15. The maximum atomic E-state index is 13.5. The number of hydrogen-bond donors (Lipinski definition) is 1. The number of rotatable bonds is 5. The van der Waals surface area contributed by atoms with Crippen LogP contribution in [-0.4, -0.2) is 25.1 Å². The Bertz CT molecular complexity index is 813. The number of para-hydroxylation sites is 2. The summed E-state index contributed by atoms with van der Waals surface area (Å²) in [4.78, 5) is 24.3. The first-order chi connectivity index (χ1) is 11.8. The zero-order valence-electron chi connectivity index (χ0n) is 13.3. The van der Waals surface area contributed by atoms with Crippen molar-refractivity contribution in [3.05, 3.63) is 57.8 Å². The van der Waals surface area contributed by atoms with E-state index in [2.05, 4.69) is 5.32 Å². The Balaban J connectivity index is 2.08. The highest BCUT2D eigenvalue weighted by Gasteiger charge is 2.22. The quantitative estimate of drug-likeness (QED) is 0.614. The second-order valence-corrected chi connectivity index (χ2v) is 5.80. The summed E-state index contributed by atoms with van der Waals surface area (Å²) < 4.78 is 23.7. The molecule has 0 saturated carbocycles. The van der Waals surface area contributed by atoms with E-state index in [0.717, 1.165) is 12.1 Å². The molecule has 0 heterocycles. The monoisotopic (exact) mass is 385 g/mol. The van der Waals surface area contributed by atoms with E-state index in [1.807, 2.05) is 0 Å². The molecule has 0 saturated heterocycles. The largest absolute Gasteiger partial charge is 0.495 e. The van der Waals surface area contributed by atoms with Crippen molar-refractivity contribution in [2.75, 3.05) is 12.4 Å². The lowest BCUT2D eigenvalue weighted by Crippen LogP contribution is -2.30.